The predicted molar refractivity (Wildman–Crippen MR) is 116 cm³/mol. The van der Waals surface area contributed by atoms with Crippen molar-refractivity contribution >= 4 is 33.8 Å². The van der Waals surface area contributed by atoms with E-state index in [9.17, 15) is 8.42 Å². The molecule has 0 aliphatic carbocycles. The van der Waals surface area contributed by atoms with E-state index < -0.39 is 10.0 Å². The van der Waals surface area contributed by atoms with Crippen LogP contribution in [0.4, 0.5) is 11.4 Å². The van der Waals surface area contributed by atoms with Crippen molar-refractivity contribution in [3.8, 4) is 0 Å². The molecular formula is C20H27ClN4O2S. The number of sulfonamides is 1. The number of rotatable bonds is 5. The van der Waals surface area contributed by atoms with Crippen LogP contribution in [0.5, 0.6) is 0 Å². The molecule has 0 atom stereocenters. The van der Waals surface area contributed by atoms with Gasteiger partial charge in [0, 0.05) is 45.0 Å². The van der Waals surface area contributed by atoms with Crippen LogP contribution in [0.15, 0.2) is 47.4 Å². The monoisotopic (exact) mass is 422 g/mol. The van der Waals surface area contributed by atoms with Gasteiger partial charge in [-0.1, -0.05) is 30.3 Å². The highest BCUT2D eigenvalue weighted by atomic mass is 35.5. The summed E-state index contributed by atoms with van der Waals surface area (Å²) in [6, 6.07) is 13.8. The summed E-state index contributed by atoms with van der Waals surface area (Å²) in [7, 11) is -2.01. The Labute approximate surface area is 173 Å². The molecular weight excluding hydrogens is 396 g/mol. The third-order valence-corrected chi connectivity index (χ3v) is 6.93. The molecule has 1 saturated heterocycles. The van der Waals surface area contributed by atoms with Crippen LogP contribution in [-0.2, 0) is 23.0 Å². The first-order chi connectivity index (χ1) is 13.1. The first kappa shape index (κ1) is 20.9. The van der Waals surface area contributed by atoms with Crippen LogP contribution in [0.3, 0.4) is 0 Å². The minimum atomic E-state index is -3.46. The van der Waals surface area contributed by atoms with Gasteiger partial charge in [0.15, 0.2) is 0 Å². The summed E-state index contributed by atoms with van der Waals surface area (Å²) in [6.07, 6.45) is 1.10. The molecule has 2 heterocycles. The van der Waals surface area contributed by atoms with Crippen molar-refractivity contribution in [1.82, 2.24) is 9.62 Å². The highest BCUT2D eigenvalue weighted by Gasteiger charge is 2.24. The summed E-state index contributed by atoms with van der Waals surface area (Å²) >= 11 is 0. The van der Waals surface area contributed by atoms with E-state index in [1.54, 1.807) is 12.1 Å². The van der Waals surface area contributed by atoms with Gasteiger partial charge < -0.3 is 10.2 Å². The van der Waals surface area contributed by atoms with E-state index in [0.29, 0.717) is 4.90 Å². The fourth-order valence-electron chi connectivity index (χ4n) is 3.99. The van der Waals surface area contributed by atoms with E-state index in [0.717, 1.165) is 51.4 Å². The van der Waals surface area contributed by atoms with Gasteiger partial charge in [-0.2, -0.15) is 0 Å². The molecule has 28 heavy (non-hydrogen) atoms. The van der Waals surface area contributed by atoms with Crippen molar-refractivity contribution in [2.24, 2.45) is 0 Å². The molecule has 2 aliphatic rings. The molecule has 2 aromatic rings. The van der Waals surface area contributed by atoms with Crippen molar-refractivity contribution in [2.45, 2.75) is 17.9 Å². The molecule has 2 aromatic carbocycles. The first-order valence-electron chi connectivity index (χ1n) is 9.43. The number of anilines is 2. The van der Waals surface area contributed by atoms with Gasteiger partial charge in [0.2, 0.25) is 10.0 Å². The quantitative estimate of drug-likeness (QED) is 0.774. The summed E-state index contributed by atoms with van der Waals surface area (Å²) in [6.45, 7) is 5.42. The number of para-hydroxylation sites is 2. The fraction of sp³-hybridized carbons (Fsp3) is 0.400. The Morgan fingerprint density at radius 3 is 2.54 bits per heavy atom. The molecule has 0 saturated carbocycles. The number of nitrogens with one attached hydrogen (secondary N) is 2. The molecule has 0 radical (unpaired) electrons. The molecule has 0 aromatic heterocycles. The zero-order chi connectivity index (χ0) is 18.9. The lowest BCUT2D eigenvalue weighted by molar-refractivity contribution is 0.250. The minimum Gasteiger partial charge on any atom is -0.384 e. The van der Waals surface area contributed by atoms with E-state index in [2.05, 4.69) is 38.0 Å². The average Bonchev–Trinajstić information content (AvgIpc) is 3.18. The maximum atomic E-state index is 12.3. The molecule has 2 N–H and O–H groups in total. The predicted octanol–water partition coefficient (Wildman–Crippen LogP) is 2.31. The lowest BCUT2D eigenvalue weighted by atomic mass is 10.1. The molecule has 0 unspecified atom stereocenters. The Kier molecular flexibility index (Phi) is 6.50. The molecule has 8 heteroatoms. The number of benzene rings is 2. The second-order valence-electron chi connectivity index (χ2n) is 7.07. The third-order valence-electron chi connectivity index (χ3n) is 5.46. The summed E-state index contributed by atoms with van der Waals surface area (Å²) in [4.78, 5) is 4.97. The van der Waals surface area contributed by atoms with Crippen molar-refractivity contribution in [3.63, 3.8) is 0 Å². The Balaban J connectivity index is 0.00000225. The van der Waals surface area contributed by atoms with Gasteiger partial charge in [0.1, 0.15) is 4.90 Å². The normalized spacial score (nSPS) is 17.0. The first-order valence-corrected chi connectivity index (χ1v) is 10.9. The summed E-state index contributed by atoms with van der Waals surface area (Å²) < 4.78 is 27.1. The van der Waals surface area contributed by atoms with Crippen LogP contribution >= 0.6 is 12.4 Å². The van der Waals surface area contributed by atoms with Crippen LogP contribution in [0, 0.1) is 0 Å². The Morgan fingerprint density at radius 1 is 1.04 bits per heavy atom. The fourth-order valence-corrected chi connectivity index (χ4v) is 4.94. The van der Waals surface area contributed by atoms with Crippen LogP contribution < -0.4 is 14.9 Å². The largest absolute Gasteiger partial charge is 0.384 e. The SMILES string of the molecule is CNS(=O)(=O)c1ccccc1N1CCN(Cc2cccc3c2NCC3)CC1.Cl. The van der Waals surface area contributed by atoms with Crippen LogP contribution in [0.25, 0.3) is 0 Å². The zero-order valence-electron chi connectivity index (χ0n) is 16.0. The second-order valence-corrected chi connectivity index (χ2v) is 8.92. The number of hydrogen-bond donors (Lipinski definition) is 2. The summed E-state index contributed by atoms with van der Waals surface area (Å²) in [5, 5.41) is 3.51. The molecule has 1 fully saturated rings. The number of hydrogen-bond acceptors (Lipinski definition) is 5. The molecule has 6 nitrogen and oxygen atoms in total. The average molecular weight is 423 g/mol. The highest BCUT2D eigenvalue weighted by Crippen LogP contribution is 2.29. The highest BCUT2D eigenvalue weighted by molar-refractivity contribution is 7.89. The molecule has 4 rings (SSSR count). The lowest BCUT2D eigenvalue weighted by Gasteiger charge is -2.37. The molecule has 2 aliphatic heterocycles. The minimum absolute atomic E-state index is 0. The van der Waals surface area contributed by atoms with Crippen LogP contribution in [0.2, 0.25) is 0 Å². The lowest BCUT2D eigenvalue weighted by Crippen LogP contribution is -2.46. The number of halogens is 1. The molecule has 0 spiro atoms. The van der Waals surface area contributed by atoms with Crippen molar-refractivity contribution in [2.75, 3.05) is 50.0 Å². The van der Waals surface area contributed by atoms with Gasteiger partial charge in [-0.3, -0.25) is 4.90 Å². The Hall–Kier alpha value is -1.80. The Morgan fingerprint density at radius 2 is 1.79 bits per heavy atom. The third kappa shape index (κ3) is 4.12. The number of fused-ring (bicyclic) bond motifs is 1. The summed E-state index contributed by atoms with van der Waals surface area (Å²) in [5.41, 5.74) is 4.87. The van der Waals surface area contributed by atoms with Crippen molar-refractivity contribution in [1.29, 1.82) is 0 Å². The van der Waals surface area contributed by atoms with Gasteiger partial charge in [-0.25, -0.2) is 13.1 Å². The zero-order valence-corrected chi connectivity index (χ0v) is 17.7. The van der Waals surface area contributed by atoms with Crippen LogP contribution in [0.1, 0.15) is 11.1 Å². The molecule has 0 bridgehead atoms. The molecule has 0 amide bonds. The van der Waals surface area contributed by atoms with E-state index in [1.807, 2.05) is 12.1 Å². The van der Waals surface area contributed by atoms with Crippen LogP contribution in [-0.4, -0.2) is 53.1 Å². The van der Waals surface area contributed by atoms with Gasteiger partial charge in [-0.15, -0.1) is 12.4 Å². The van der Waals surface area contributed by atoms with Gasteiger partial charge in [0.25, 0.3) is 0 Å². The maximum Gasteiger partial charge on any atom is 0.242 e. The van der Waals surface area contributed by atoms with E-state index in [1.165, 1.54) is 23.9 Å². The van der Waals surface area contributed by atoms with Gasteiger partial charge in [0.05, 0.1) is 5.69 Å². The van der Waals surface area contributed by atoms with E-state index >= 15 is 0 Å². The van der Waals surface area contributed by atoms with Gasteiger partial charge >= 0.3 is 0 Å². The van der Waals surface area contributed by atoms with Gasteiger partial charge in [-0.05, 0) is 36.7 Å². The van der Waals surface area contributed by atoms with E-state index in [-0.39, 0.29) is 12.4 Å². The standard InChI is InChI=1S/C20H26N4O2S.ClH/c1-21-27(25,26)19-8-3-2-7-18(19)24-13-11-23(12-14-24)15-17-6-4-5-16-9-10-22-20(16)17;/h2-8,21-22H,9-15H2,1H3;1H. The van der Waals surface area contributed by atoms with Crippen molar-refractivity contribution < 1.29 is 8.42 Å². The topological polar surface area (TPSA) is 64.7 Å². The second kappa shape index (κ2) is 8.69. The summed E-state index contributed by atoms with van der Waals surface area (Å²) in [5.74, 6) is 0. The Bertz CT molecular complexity index is 928. The van der Waals surface area contributed by atoms with Crippen molar-refractivity contribution in [3.05, 3.63) is 53.6 Å². The number of nitrogens with zero attached hydrogens (tertiary/aromatic N) is 2. The van der Waals surface area contributed by atoms with E-state index in [4.69, 9.17) is 0 Å². The number of piperazine rings is 1. The smallest absolute Gasteiger partial charge is 0.242 e. The molecule has 152 valence electrons. The maximum absolute atomic E-state index is 12.3.